The number of ether oxygens (including phenoxy) is 2. The monoisotopic (exact) mass is 487 g/mol. The van der Waals surface area contributed by atoms with Gasteiger partial charge in [0, 0.05) is 34.1 Å². The van der Waals surface area contributed by atoms with Gasteiger partial charge in [0.25, 0.3) is 5.56 Å². The molecule has 0 aliphatic rings. The number of hydrogen-bond donors (Lipinski definition) is 1. The van der Waals surface area contributed by atoms with Crippen molar-refractivity contribution in [2.75, 3.05) is 25.3 Å². The van der Waals surface area contributed by atoms with Gasteiger partial charge in [0.2, 0.25) is 5.91 Å². The minimum Gasteiger partial charge on any atom is -0.493 e. The predicted molar refractivity (Wildman–Crippen MR) is 132 cm³/mol. The number of carbonyl (C=O) groups excluding carboxylic acids is 1. The normalized spacial score (nSPS) is 11.0. The van der Waals surface area contributed by atoms with Crippen molar-refractivity contribution in [1.29, 1.82) is 0 Å². The average Bonchev–Trinajstić information content (AvgIpc) is 3.47. The third-order valence-corrected chi connectivity index (χ3v) is 7.51. The third-order valence-electron chi connectivity index (χ3n) is 4.76. The standard InChI is InChI=1S/C22H21N3O4S3/c1-4-25-21(27)19-14(17-6-5-9-30-17)11-31-20(19)24-22(25)32-12-18(26)23-13-7-8-15(28-2)16(10-13)29-3/h5-11H,4,12H2,1-3H3,(H,23,26). The number of fused-ring (bicyclic) bond motifs is 1. The van der Waals surface area contributed by atoms with Gasteiger partial charge in [-0.3, -0.25) is 14.2 Å². The maximum Gasteiger partial charge on any atom is 0.263 e. The van der Waals surface area contributed by atoms with Crippen molar-refractivity contribution in [3.63, 3.8) is 0 Å². The van der Waals surface area contributed by atoms with E-state index in [-0.39, 0.29) is 17.2 Å². The zero-order valence-electron chi connectivity index (χ0n) is 17.7. The summed E-state index contributed by atoms with van der Waals surface area (Å²) in [4.78, 5) is 32.2. The van der Waals surface area contributed by atoms with Crippen molar-refractivity contribution < 1.29 is 14.3 Å². The second-order valence-corrected chi connectivity index (χ2v) is 9.41. The van der Waals surface area contributed by atoms with E-state index in [9.17, 15) is 9.59 Å². The minimum absolute atomic E-state index is 0.0788. The van der Waals surface area contributed by atoms with Crippen molar-refractivity contribution in [3.05, 3.63) is 51.4 Å². The van der Waals surface area contributed by atoms with E-state index in [1.165, 1.54) is 23.1 Å². The van der Waals surface area contributed by atoms with E-state index >= 15 is 0 Å². The number of hydrogen-bond acceptors (Lipinski definition) is 8. The van der Waals surface area contributed by atoms with Gasteiger partial charge in [-0.05, 0) is 30.5 Å². The highest BCUT2D eigenvalue weighted by atomic mass is 32.2. The first-order chi connectivity index (χ1) is 15.5. The summed E-state index contributed by atoms with van der Waals surface area (Å²) in [7, 11) is 3.10. The number of amides is 1. The Morgan fingerprint density at radius 1 is 1.19 bits per heavy atom. The topological polar surface area (TPSA) is 82.5 Å². The Morgan fingerprint density at radius 2 is 2.00 bits per heavy atom. The SMILES string of the molecule is CCn1c(SCC(=O)Nc2ccc(OC)c(OC)c2)nc2scc(-c3cccs3)c2c1=O. The molecule has 32 heavy (non-hydrogen) atoms. The molecule has 166 valence electrons. The molecule has 0 bridgehead atoms. The Kier molecular flexibility index (Phi) is 6.83. The zero-order valence-corrected chi connectivity index (χ0v) is 20.2. The Balaban J connectivity index is 1.54. The van der Waals surface area contributed by atoms with Crippen LogP contribution in [0.15, 0.2) is 51.0 Å². The first kappa shape index (κ1) is 22.4. The molecule has 0 radical (unpaired) electrons. The van der Waals surface area contributed by atoms with E-state index in [2.05, 4.69) is 5.32 Å². The fourth-order valence-electron chi connectivity index (χ4n) is 3.25. The number of benzene rings is 1. The van der Waals surface area contributed by atoms with Crippen LogP contribution in [0, 0.1) is 0 Å². The second kappa shape index (κ2) is 9.76. The molecule has 0 aliphatic heterocycles. The van der Waals surface area contributed by atoms with Gasteiger partial charge < -0.3 is 14.8 Å². The van der Waals surface area contributed by atoms with E-state index in [1.807, 2.05) is 29.8 Å². The largest absolute Gasteiger partial charge is 0.493 e. The maximum atomic E-state index is 13.2. The molecule has 1 aromatic carbocycles. The summed E-state index contributed by atoms with van der Waals surface area (Å²) in [5, 5.41) is 7.98. The summed E-state index contributed by atoms with van der Waals surface area (Å²) < 4.78 is 12.1. The first-order valence-electron chi connectivity index (χ1n) is 9.76. The quantitative estimate of drug-likeness (QED) is 0.280. The lowest BCUT2D eigenvalue weighted by molar-refractivity contribution is -0.113. The molecule has 3 aromatic heterocycles. The van der Waals surface area contributed by atoms with Gasteiger partial charge in [-0.1, -0.05) is 17.8 Å². The van der Waals surface area contributed by atoms with Gasteiger partial charge in [-0.2, -0.15) is 0 Å². The van der Waals surface area contributed by atoms with Crippen molar-refractivity contribution in [3.8, 4) is 21.9 Å². The van der Waals surface area contributed by atoms with Crippen LogP contribution in [0.4, 0.5) is 5.69 Å². The molecule has 0 saturated carbocycles. The number of carbonyl (C=O) groups is 1. The number of anilines is 1. The van der Waals surface area contributed by atoms with E-state index in [4.69, 9.17) is 14.5 Å². The lowest BCUT2D eigenvalue weighted by Crippen LogP contribution is -2.23. The van der Waals surface area contributed by atoms with E-state index < -0.39 is 0 Å². The van der Waals surface area contributed by atoms with Crippen LogP contribution in [0.3, 0.4) is 0 Å². The highest BCUT2D eigenvalue weighted by Gasteiger charge is 2.18. The minimum atomic E-state index is -0.204. The lowest BCUT2D eigenvalue weighted by atomic mass is 10.2. The number of methoxy groups -OCH3 is 2. The number of thiophene rings is 2. The molecule has 0 aliphatic carbocycles. The molecule has 10 heteroatoms. The van der Waals surface area contributed by atoms with Crippen LogP contribution in [0.25, 0.3) is 20.7 Å². The fourth-order valence-corrected chi connectivity index (χ4v) is 5.91. The number of nitrogens with one attached hydrogen (secondary N) is 1. The summed E-state index contributed by atoms with van der Waals surface area (Å²) in [6, 6.07) is 9.15. The highest BCUT2D eigenvalue weighted by Crippen LogP contribution is 2.35. The van der Waals surface area contributed by atoms with Crippen LogP contribution in [0.5, 0.6) is 11.5 Å². The number of nitrogens with zero attached hydrogens (tertiary/aromatic N) is 2. The highest BCUT2D eigenvalue weighted by molar-refractivity contribution is 7.99. The van der Waals surface area contributed by atoms with Crippen LogP contribution >= 0.6 is 34.4 Å². The molecule has 3 heterocycles. The fraction of sp³-hybridized carbons (Fsp3) is 0.227. The molecular formula is C22H21N3O4S3. The first-order valence-corrected chi connectivity index (χ1v) is 12.5. The molecule has 4 aromatic rings. The van der Waals surface area contributed by atoms with Crippen molar-refractivity contribution in [1.82, 2.24) is 9.55 Å². The Bertz CT molecular complexity index is 1310. The lowest BCUT2D eigenvalue weighted by Gasteiger charge is -2.12. The predicted octanol–water partition coefficient (Wildman–Crippen LogP) is 4.95. The molecule has 0 spiro atoms. The smallest absolute Gasteiger partial charge is 0.263 e. The molecule has 1 N–H and O–H groups in total. The van der Waals surface area contributed by atoms with Crippen LogP contribution < -0.4 is 20.3 Å². The van der Waals surface area contributed by atoms with E-state index in [1.54, 1.807) is 48.3 Å². The van der Waals surface area contributed by atoms with Gasteiger partial charge in [0.1, 0.15) is 4.83 Å². The molecule has 0 saturated heterocycles. The van der Waals surface area contributed by atoms with E-state index in [0.29, 0.717) is 39.1 Å². The molecular weight excluding hydrogens is 466 g/mol. The van der Waals surface area contributed by atoms with E-state index in [0.717, 1.165) is 10.4 Å². The Morgan fingerprint density at radius 3 is 2.69 bits per heavy atom. The third kappa shape index (κ3) is 4.38. The molecule has 1 amide bonds. The summed E-state index contributed by atoms with van der Waals surface area (Å²) in [5.41, 5.74) is 1.44. The van der Waals surface area contributed by atoms with Crippen LogP contribution in [0.2, 0.25) is 0 Å². The number of aromatic nitrogens is 2. The van der Waals surface area contributed by atoms with Crippen LogP contribution in [-0.4, -0.2) is 35.4 Å². The van der Waals surface area contributed by atoms with Crippen LogP contribution in [0.1, 0.15) is 6.92 Å². The molecule has 0 fully saturated rings. The zero-order chi connectivity index (χ0) is 22.7. The number of thioether (sulfide) groups is 1. The van der Waals surface area contributed by atoms with Gasteiger partial charge in [-0.25, -0.2) is 4.98 Å². The summed E-state index contributed by atoms with van der Waals surface area (Å²) >= 11 is 4.29. The Hall–Kier alpha value is -2.82. The molecule has 0 unspecified atom stereocenters. The van der Waals surface area contributed by atoms with Crippen molar-refractivity contribution in [2.45, 2.75) is 18.6 Å². The Labute approximate surface area is 197 Å². The average molecular weight is 488 g/mol. The molecule has 0 atom stereocenters. The van der Waals surface area contributed by atoms with Gasteiger partial charge >= 0.3 is 0 Å². The summed E-state index contributed by atoms with van der Waals surface area (Å²) in [6.45, 7) is 2.38. The summed E-state index contributed by atoms with van der Waals surface area (Å²) in [6.07, 6.45) is 0. The van der Waals surface area contributed by atoms with Crippen molar-refractivity contribution in [2.24, 2.45) is 0 Å². The maximum absolute atomic E-state index is 13.2. The molecule has 4 rings (SSSR count). The van der Waals surface area contributed by atoms with Gasteiger partial charge in [0.15, 0.2) is 16.7 Å². The van der Waals surface area contributed by atoms with Gasteiger partial charge in [-0.15, -0.1) is 22.7 Å². The van der Waals surface area contributed by atoms with Crippen molar-refractivity contribution >= 4 is 56.2 Å². The van der Waals surface area contributed by atoms with Gasteiger partial charge in [0.05, 0.1) is 25.4 Å². The molecule has 7 nitrogen and oxygen atoms in total. The number of rotatable bonds is 8. The second-order valence-electron chi connectivity index (χ2n) is 6.66. The summed E-state index contributed by atoms with van der Waals surface area (Å²) in [5.74, 6) is 1.03. The van der Waals surface area contributed by atoms with Crippen LogP contribution in [-0.2, 0) is 11.3 Å².